The SMILES string of the molecule is c1ccc(-c2nc(-n3c4cc5ccccc5cc4c4cccc(-c5ccc6oc7ccccc7c6c5)c43)nc3ccccc23)cc1. The Labute approximate surface area is 263 Å². The van der Waals surface area contributed by atoms with E-state index < -0.39 is 0 Å². The number of para-hydroxylation sites is 3. The first-order chi connectivity index (χ1) is 22.8. The highest BCUT2D eigenvalue weighted by molar-refractivity contribution is 6.17. The maximum absolute atomic E-state index is 6.19. The van der Waals surface area contributed by atoms with Crippen LogP contribution in [0.2, 0.25) is 0 Å². The van der Waals surface area contributed by atoms with Gasteiger partial charge >= 0.3 is 0 Å². The fourth-order valence-corrected chi connectivity index (χ4v) is 7.07. The summed E-state index contributed by atoms with van der Waals surface area (Å²) < 4.78 is 8.45. The summed E-state index contributed by atoms with van der Waals surface area (Å²) in [5.74, 6) is 0.648. The largest absolute Gasteiger partial charge is 0.456 e. The predicted octanol–water partition coefficient (Wildman–Crippen LogP) is 11.1. The summed E-state index contributed by atoms with van der Waals surface area (Å²) in [5, 5.41) is 7.96. The summed E-state index contributed by atoms with van der Waals surface area (Å²) >= 11 is 0. The highest BCUT2D eigenvalue weighted by Gasteiger charge is 2.21. The number of fused-ring (bicyclic) bond motifs is 8. The second kappa shape index (κ2) is 9.62. The lowest BCUT2D eigenvalue weighted by Gasteiger charge is -2.13. The van der Waals surface area contributed by atoms with Crippen LogP contribution in [0, 0.1) is 0 Å². The molecule has 46 heavy (non-hydrogen) atoms. The fraction of sp³-hybridized carbons (Fsp3) is 0. The molecular weight excluding hydrogens is 562 g/mol. The molecule has 0 saturated heterocycles. The first kappa shape index (κ1) is 25.1. The molecular formula is C42H25N3O. The van der Waals surface area contributed by atoms with Crippen molar-refractivity contribution in [3.63, 3.8) is 0 Å². The van der Waals surface area contributed by atoms with Gasteiger partial charge in [0.15, 0.2) is 0 Å². The minimum absolute atomic E-state index is 0.648. The van der Waals surface area contributed by atoms with Crippen molar-refractivity contribution in [3.8, 4) is 28.3 Å². The number of aromatic nitrogens is 3. The monoisotopic (exact) mass is 587 g/mol. The molecule has 0 aliphatic heterocycles. The van der Waals surface area contributed by atoms with Crippen molar-refractivity contribution < 1.29 is 4.42 Å². The van der Waals surface area contributed by atoms with Crippen molar-refractivity contribution in [2.24, 2.45) is 0 Å². The number of rotatable bonds is 3. The van der Waals surface area contributed by atoms with Gasteiger partial charge in [-0.3, -0.25) is 4.57 Å². The third-order valence-corrected chi connectivity index (χ3v) is 9.18. The third-order valence-electron chi connectivity index (χ3n) is 9.18. The molecule has 3 heterocycles. The zero-order valence-electron chi connectivity index (χ0n) is 24.7. The maximum atomic E-state index is 6.19. The topological polar surface area (TPSA) is 43.9 Å². The van der Waals surface area contributed by atoms with Crippen molar-refractivity contribution in [2.45, 2.75) is 0 Å². The predicted molar refractivity (Wildman–Crippen MR) is 190 cm³/mol. The van der Waals surface area contributed by atoms with Gasteiger partial charge < -0.3 is 4.42 Å². The van der Waals surface area contributed by atoms with Crippen LogP contribution < -0.4 is 0 Å². The molecule has 214 valence electrons. The molecule has 4 nitrogen and oxygen atoms in total. The van der Waals surface area contributed by atoms with Crippen LogP contribution >= 0.6 is 0 Å². The van der Waals surface area contributed by atoms with E-state index in [1.165, 1.54) is 16.2 Å². The number of hydrogen-bond acceptors (Lipinski definition) is 3. The quantitative estimate of drug-likeness (QED) is 0.207. The molecule has 10 aromatic rings. The van der Waals surface area contributed by atoms with E-state index in [0.29, 0.717) is 5.95 Å². The van der Waals surface area contributed by atoms with Gasteiger partial charge in [0.1, 0.15) is 11.2 Å². The van der Waals surface area contributed by atoms with Crippen molar-refractivity contribution in [1.82, 2.24) is 14.5 Å². The fourth-order valence-electron chi connectivity index (χ4n) is 7.07. The standard InChI is InChI=1S/C42H25N3O/c1-2-11-26(12-3-1)40-33-16-6-8-19-36(33)43-42(44-40)45-37-25-28-14-5-4-13-27(28)23-34(37)32-18-10-17-30(41(32)45)29-21-22-39-35(24-29)31-15-7-9-20-38(31)46-39/h1-25H. The van der Waals surface area contributed by atoms with Crippen LogP contribution in [0.4, 0.5) is 0 Å². The molecule has 0 aliphatic carbocycles. The lowest BCUT2D eigenvalue weighted by molar-refractivity contribution is 0.669. The van der Waals surface area contributed by atoms with Crippen molar-refractivity contribution in [2.75, 3.05) is 0 Å². The molecule has 0 amide bonds. The summed E-state index contributed by atoms with van der Waals surface area (Å²) in [4.78, 5) is 10.6. The summed E-state index contributed by atoms with van der Waals surface area (Å²) in [6.07, 6.45) is 0. The van der Waals surface area contributed by atoms with Crippen LogP contribution in [0.15, 0.2) is 156 Å². The Morgan fingerprint density at radius 2 is 1.17 bits per heavy atom. The number of hydrogen-bond donors (Lipinski definition) is 0. The van der Waals surface area contributed by atoms with E-state index in [-0.39, 0.29) is 0 Å². The molecule has 0 bridgehead atoms. The average Bonchev–Trinajstić information content (AvgIpc) is 3.65. The molecule has 0 unspecified atom stereocenters. The normalized spacial score (nSPS) is 11.9. The average molecular weight is 588 g/mol. The smallest absolute Gasteiger partial charge is 0.235 e. The Morgan fingerprint density at radius 1 is 0.457 bits per heavy atom. The van der Waals surface area contributed by atoms with Crippen molar-refractivity contribution >= 4 is 65.4 Å². The van der Waals surface area contributed by atoms with E-state index in [4.69, 9.17) is 14.4 Å². The number of benzene rings is 7. The number of nitrogens with zero attached hydrogens (tertiary/aromatic N) is 3. The summed E-state index contributed by atoms with van der Waals surface area (Å²) in [5.41, 5.74) is 9.04. The minimum atomic E-state index is 0.648. The lowest BCUT2D eigenvalue weighted by atomic mass is 9.99. The van der Waals surface area contributed by atoms with Gasteiger partial charge in [0, 0.05) is 38.1 Å². The Bertz CT molecular complexity index is 2810. The third kappa shape index (κ3) is 3.67. The van der Waals surface area contributed by atoms with E-state index in [2.05, 4.69) is 132 Å². The molecule has 0 atom stereocenters. The Balaban J connectivity index is 1.35. The van der Waals surface area contributed by atoms with E-state index in [9.17, 15) is 0 Å². The summed E-state index contributed by atoms with van der Waals surface area (Å²) in [7, 11) is 0. The van der Waals surface area contributed by atoms with Gasteiger partial charge in [-0.25, -0.2) is 9.97 Å². The van der Waals surface area contributed by atoms with E-state index in [1.807, 2.05) is 24.3 Å². The second-order valence-electron chi connectivity index (χ2n) is 11.8. The first-order valence-corrected chi connectivity index (χ1v) is 15.5. The van der Waals surface area contributed by atoms with Gasteiger partial charge in [-0.15, -0.1) is 0 Å². The van der Waals surface area contributed by atoms with Crippen LogP contribution in [0.3, 0.4) is 0 Å². The Morgan fingerprint density at radius 3 is 2.07 bits per heavy atom. The molecule has 0 aliphatic rings. The van der Waals surface area contributed by atoms with Gasteiger partial charge in [-0.2, -0.15) is 0 Å². The molecule has 0 spiro atoms. The Kier molecular flexibility index (Phi) is 5.25. The van der Waals surface area contributed by atoms with Crippen LogP contribution in [0.1, 0.15) is 0 Å². The second-order valence-corrected chi connectivity index (χ2v) is 11.8. The van der Waals surface area contributed by atoms with Gasteiger partial charge in [-0.05, 0) is 52.7 Å². The van der Waals surface area contributed by atoms with Gasteiger partial charge in [0.05, 0.1) is 22.2 Å². The molecule has 0 radical (unpaired) electrons. The minimum Gasteiger partial charge on any atom is -0.456 e. The molecule has 0 N–H and O–H groups in total. The molecule has 0 fully saturated rings. The molecule has 3 aromatic heterocycles. The maximum Gasteiger partial charge on any atom is 0.235 e. The molecule has 4 heteroatoms. The van der Waals surface area contributed by atoms with Crippen molar-refractivity contribution in [1.29, 1.82) is 0 Å². The van der Waals surface area contributed by atoms with E-state index in [1.54, 1.807) is 0 Å². The molecule has 10 rings (SSSR count). The van der Waals surface area contributed by atoms with Gasteiger partial charge in [0.2, 0.25) is 5.95 Å². The van der Waals surface area contributed by atoms with Gasteiger partial charge in [-0.1, -0.05) is 115 Å². The first-order valence-electron chi connectivity index (χ1n) is 15.5. The van der Waals surface area contributed by atoms with Crippen LogP contribution in [0.25, 0.3) is 93.8 Å². The van der Waals surface area contributed by atoms with Crippen LogP contribution in [-0.4, -0.2) is 14.5 Å². The van der Waals surface area contributed by atoms with Crippen molar-refractivity contribution in [3.05, 3.63) is 152 Å². The zero-order valence-corrected chi connectivity index (χ0v) is 24.7. The van der Waals surface area contributed by atoms with E-state index >= 15 is 0 Å². The summed E-state index contributed by atoms with van der Waals surface area (Å²) in [6, 6.07) is 53.1. The number of furan rings is 1. The zero-order chi connectivity index (χ0) is 30.2. The van der Waals surface area contributed by atoms with Crippen LogP contribution in [-0.2, 0) is 0 Å². The molecule has 0 saturated carbocycles. The highest BCUT2D eigenvalue weighted by Crippen LogP contribution is 2.41. The highest BCUT2D eigenvalue weighted by atomic mass is 16.3. The Hall–Kier alpha value is -6.26. The molecule has 7 aromatic carbocycles. The summed E-state index contributed by atoms with van der Waals surface area (Å²) in [6.45, 7) is 0. The van der Waals surface area contributed by atoms with E-state index in [0.717, 1.165) is 71.6 Å². The van der Waals surface area contributed by atoms with Gasteiger partial charge in [0.25, 0.3) is 0 Å². The lowest BCUT2D eigenvalue weighted by Crippen LogP contribution is -2.04. The van der Waals surface area contributed by atoms with Crippen LogP contribution in [0.5, 0.6) is 0 Å².